The van der Waals surface area contributed by atoms with Crippen molar-refractivity contribution < 1.29 is 4.74 Å². The van der Waals surface area contributed by atoms with E-state index in [1.807, 2.05) is 0 Å². The van der Waals surface area contributed by atoms with Crippen LogP contribution in [-0.4, -0.2) is 6.61 Å². The van der Waals surface area contributed by atoms with Crippen LogP contribution in [0.5, 0.6) is 0 Å². The highest BCUT2D eigenvalue weighted by Crippen LogP contribution is 1.83. The van der Waals surface area contributed by atoms with Crippen LogP contribution >= 0.6 is 0 Å². The van der Waals surface area contributed by atoms with Crippen LogP contribution in [0.25, 0.3) is 0 Å². The summed E-state index contributed by atoms with van der Waals surface area (Å²) in [5.41, 5.74) is 0. The van der Waals surface area contributed by atoms with Gasteiger partial charge in [0.15, 0.2) is 0 Å². The van der Waals surface area contributed by atoms with Crippen LogP contribution in [0.3, 0.4) is 0 Å². The van der Waals surface area contributed by atoms with Gasteiger partial charge >= 0.3 is 0 Å². The predicted octanol–water partition coefficient (Wildman–Crippen LogP) is 1.37. The third-order valence-electron chi connectivity index (χ3n) is 0.557. The topological polar surface area (TPSA) is 9.23 Å². The molecule has 0 amide bonds. The van der Waals surface area contributed by atoms with Gasteiger partial charge in [0.1, 0.15) is 6.61 Å². The first kappa shape index (κ1) is 7.26. The fourth-order valence-electron chi connectivity index (χ4n) is 0.254. The highest BCUT2D eigenvalue weighted by Gasteiger charge is 1.78. The summed E-state index contributed by atoms with van der Waals surface area (Å²) in [5.74, 6) is 2.45. The van der Waals surface area contributed by atoms with Gasteiger partial charge < -0.3 is 4.74 Å². The zero-order valence-electron chi connectivity index (χ0n) is 4.76. The minimum Gasteiger partial charge on any atom is -0.370 e. The Morgan fingerprint density at radius 3 is 3.00 bits per heavy atom. The average molecular weight is 109 g/mol. The second-order valence-electron chi connectivity index (χ2n) is 1.20. The largest absolute Gasteiger partial charge is 0.370 e. The molecule has 0 bridgehead atoms. The Morgan fingerprint density at radius 1 is 1.75 bits per heavy atom. The zero-order chi connectivity index (χ0) is 6.24. The van der Waals surface area contributed by atoms with Gasteiger partial charge in [0.05, 0.1) is 6.61 Å². The maximum Gasteiger partial charge on any atom is 0.105 e. The first-order valence-corrected chi connectivity index (χ1v) is 2.41. The standard InChI is InChI=1S/C7H9O/c1-3-5-7-8-6-4-2/h1,4,6H,2,5,7H2. The van der Waals surface area contributed by atoms with Crippen molar-refractivity contribution in [3.8, 4) is 12.3 Å². The van der Waals surface area contributed by atoms with E-state index in [0.29, 0.717) is 13.0 Å². The van der Waals surface area contributed by atoms with Crippen molar-refractivity contribution in [3.63, 3.8) is 0 Å². The molecule has 0 saturated carbocycles. The van der Waals surface area contributed by atoms with Gasteiger partial charge in [-0.25, -0.2) is 0 Å². The molecule has 0 heterocycles. The van der Waals surface area contributed by atoms with Crippen LogP contribution in [0.1, 0.15) is 6.42 Å². The average Bonchev–Trinajstić information content (AvgIpc) is 1.81. The summed E-state index contributed by atoms with van der Waals surface area (Å²) < 4.78 is 4.84. The molecule has 0 spiro atoms. The SMILES string of the molecule is C#CCCO[CH]C=C. The zero-order valence-corrected chi connectivity index (χ0v) is 4.76. The van der Waals surface area contributed by atoms with E-state index in [9.17, 15) is 0 Å². The molecule has 1 nitrogen and oxygen atoms in total. The molecule has 1 radical (unpaired) electrons. The fraction of sp³-hybridized carbons (Fsp3) is 0.286. The van der Waals surface area contributed by atoms with E-state index < -0.39 is 0 Å². The highest BCUT2D eigenvalue weighted by molar-refractivity contribution is 4.84. The molecule has 0 aliphatic carbocycles. The predicted molar refractivity (Wildman–Crippen MR) is 33.9 cm³/mol. The first-order valence-electron chi connectivity index (χ1n) is 2.41. The Labute approximate surface area is 50.4 Å². The second-order valence-corrected chi connectivity index (χ2v) is 1.20. The molecule has 0 aliphatic heterocycles. The normalized spacial score (nSPS) is 7.88. The molecular weight excluding hydrogens is 100 g/mol. The maximum atomic E-state index is 4.94. The smallest absolute Gasteiger partial charge is 0.105 e. The lowest BCUT2D eigenvalue weighted by Gasteiger charge is -1.91. The monoisotopic (exact) mass is 109 g/mol. The van der Waals surface area contributed by atoms with E-state index in [1.54, 1.807) is 6.08 Å². The van der Waals surface area contributed by atoms with Crippen molar-refractivity contribution in [3.05, 3.63) is 19.3 Å². The summed E-state index contributed by atoms with van der Waals surface area (Å²) in [6, 6.07) is 0. The quantitative estimate of drug-likeness (QED) is 0.391. The van der Waals surface area contributed by atoms with E-state index in [2.05, 4.69) is 12.5 Å². The van der Waals surface area contributed by atoms with Crippen LogP contribution in [-0.2, 0) is 4.74 Å². The van der Waals surface area contributed by atoms with Gasteiger partial charge in [0.2, 0.25) is 0 Å². The van der Waals surface area contributed by atoms with Crippen molar-refractivity contribution >= 4 is 0 Å². The molecule has 0 saturated heterocycles. The molecule has 1 heteroatoms. The molecule has 8 heavy (non-hydrogen) atoms. The lowest BCUT2D eigenvalue weighted by atomic mass is 10.5. The molecule has 43 valence electrons. The number of hydrogen-bond acceptors (Lipinski definition) is 1. The Morgan fingerprint density at radius 2 is 2.50 bits per heavy atom. The fourth-order valence-corrected chi connectivity index (χ4v) is 0.254. The molecule has 0 aromatic carbocycles. The van der Waals surface area contributed by atoms with Crippen LogP contribution in [0.2, 0.25) is 0 Å². The van der Waals surface area contributed by atoms with Crippen LogP contribution in [0.15, 0.2) is 12.7 Å². The van der Waals surface area contributed by atoms with Gasteiger partial charge in [-0.2, -0.15) is 0 Å². The Balaban J connectivity index is 2.74. The van der Waals surface area contributed by atoms with Gasteiger partial charge in [-0.15, -0.1) is 18.9 Å². The van der Waals surface area contributed by atoms with Crippen molar-refractivity contribution in [1.29, 1.82) is 0 Å². The first-order chi connectivity index (χ1) is 3.91. The number of terminal acetylenes is 1. The highest BCUT2D eigenvalue weighted by atomic mass is 16.5. The third-order valence-corrected chi connectivity index (χ3v) is 0.557. The maximum absolute atomic E-state index is 4.94. The number of rotatable bonds is 4. The summed E-state index contributed by atoms with van der Waals surface area (Å²) >= 11 is 0. The van der Waals surface area contributed by atoms with Gasteiger partial charge in [0, 0.05) is 6.42 Å². The summed E-state index contributed by atoms with van der Waals surface area (Å²) in [4.78, 5) is 0. The molecular formula is C7H9O. The van der Waals surface area contributed by atoms with Gasteiger partial charge in [-0.3, -0.25) is 0 Å². The summed E-state index contributed by atoms with van der Waals surface area (Å²) in [6.07, 6.45) is 7.18. The lowest BCUT2D eigenvalue weighted by molar-refractivity contribution is 0.223. The molecule has 0 N–H and O–H groups in total. The Hall–Kier alpha value is -0.740. The van der Waals surface area contributed by atoms with E-state index in [-0.39, 0.29) is 0 Å². The number of hydrogen-bond donors (Lipinski definition) is 0. The molecule has 0 fully saturated rings. The van der Waals surface area contributed by atoms with Crippen molar-refractivity contribution in [2.45, 2.75) is 6.42 Å². The Kier molecular flexibility index (Phi) is 5.68. The summed E-state index contributed by atoms with van der Waals surface area (Å²) in [6.45, 7) is 5.54. The van der Waals surface area contributed by atoms with Gasteiger partial charge in [-0.05, 0) is 0 Å². The van der Waals surface area contributed by atoms with Crippen molar-refractivity contribution in [1.82, 2.24) is 0 Å². The molecule has 0 atom stereocenters. The Bertz CT molecular complexity index is 89.1. The van der Waals surface area contributed by atoms with Crippen molar-refractivity contribution in [2.24, 2.45) is 0 Å². The second kappa shape index (κ2) is 6.26. The summed E-state index contributed by atoms with van der Waals surface area (Å²) in [5, 5.41) is 0. The third kappa shape index (κ3) is 5.26. The number of ether oxygens (including phenoxy) is 1. The molecule has 0 aromatic rings. The molecule has 0 unspecified atom stereocenters. The molecule has 0 aromatic heterocycles. The lowest BCUT2D eigenvalue weighted by Crippen LogP contribution is -1.86. The molecule has 0 rings (SSSR count). The van der Waals surface area contributed by atoms with E-state index >= 15 is 0 Å². The minimum atomic E-state index is 0.586. The van der Waals surface area contributed by atoms with E-state index in [1.165, 1.54) is 6.61 Å². The van der Waals surface area contributed by atoms with Gasteiger partial charge in [0.25, 0.3) is 0 Å². The minimum absolute atomic E-state index is 0.586. The van der Waals surface area contributed by atoms with E-state index in [4.69, 9.17) is 11.2 Å². The van der Waals surface area contributed by atoms with Crippen LogP contribution in [0.4, 0.5) is 0 Å². The van der Waals surface area contributed by atoms with Crippen LogP contribution < -0.4 is 0 Å². The van der Waals surface area contributed by atoms with Gasteiger partial charge in [-0.1, -0.05) is 6.08 Å². The van der Waals surface area contributed by atoms with Crippen LogP contribution in [0, 0.1) is 19.0 Å². The van der Waals surface area contributed by atoms with Crippen molar-refractivity contribution in [2.75, 3.05) is 6.61 Å². The molecule has 0 aliphatic rings. The summed E-state index contributed by atoms with van der Waals surface area (Å²) in [7, 11) is 0. The van der Waals surface area contributed by atoms with E-state index in [0.717, 1.165) is 0 Å².